The maximum absolute atomic E-state index is 5.45. The standard InChI is InChI=1S/C16H19N5O/c1-2-4-13(18-6-3-1)16-20-15(22-21-16)8-11-9-19-14-10-17-7-5-12(11)14/h5,7,9-10,13,18-19H,1-4,6,8H2. The molecule has 0 aromatic carbocycles. The lowest BCUT2D eigenvalue weighted by molar-refractivity contribution is 0.369. The number of nitrogens with one attached hydrogen (secondary N) is 2. The van der Waals surface area contributed by atoms with E-state index < -0.39 is 0 Å². The molecule has 1 unspecified atom stereocenters. The summed E-state index contributed by atoms with van der Waals surface area (Å²) in [6.07, 6.45) is 11.1. The lowest BCUT2D eigenvalue weighted by atomic mass is 10.1. The quantitative estimate of drug-likeness (QED) is 0.777. The van der Waals surface area contributed by atoms with E-state index >= 15 is 0 Å². The van der Waals surface area contributed by atoms with E-state index in [1.165, 1.54) is 19.3 Å². The SMILES string of the molecule is c1cc2c(Cc3nc(C4CCCCCN4)no3)c[nH]c2cn1. The van der Waals surface area contributed by atoms with Gasteiger partial charge in [0.1, 0.15) is 0 Å². The lowest BCUT2D eigenvalue weighted by Crippen LogP contribution is -2.21. The van der Waals surface area contributed by atoms with Gasteiger partial charge in [-0.15, -0.1) is 0 Å². The van der Waals surface area contributed by atoms with Crippen LogP contribution in [0.1, 0.15) is 49.0 Å². The Hall–Kier alpha value is -2.21. The van der Waals surface area contributed by atoms with Gasteiger partial charge in [-0.3, -0.25) is 4.98 Å². The molecule has 6 nitrogen and oxygen atoms in total. The first kappa shape index (κ1) is 13.5. The van der Waals surface area contributed by atoms with Gasteiger partial charge in [-0.05, 0) is 31.0 Å². The Bertz CT molecular complexity index is 755. The molecular formula is C16H19N5O. The highest BCUT2D eigenvalue weighted by Gasteiger charge is 2.19. The number of aromatic nitrogens is 4. The van der Waals surface area contributed by atoms with E-state index in [4.69, 9.17) is 4.52 Å². The predicted molar refractivity (Wildman–Crippen MR) is 82.4 cm³/mol. The van der Waals surface area contributed by atoms with Crippen molar-refractivity contribution in [3.63, 3.8) is 0 Å². The predicted octanol–water partition coefficient (Wildman–Crippen LogP) is 2.74. The first-order valence-electron chi connectivity index (χ1n) is 7.86. The van der Waals surface area contributed by atoms with E-state index in [2.05, 4.69) is 25.4 Å². The van der Waals surface area contributed by atoms with Crippen LogP contribution >= 0.6 is 0 Å². The van der Waals surface area contributed by atoms with Crippen LogP contribution in [-0.4, -0.2) is 26.7 Å². The van der Waals surface area contributed by atoms with Crippen LogP contribution in [0.5, 0.6) is 0 Å². The molecule has 1 atom stereocenters. The van der Waals surface area contributed by atoms with E-state index in [0.29, 0.717) is 12.3 Å². The number of nitrogens with zero attached hydrogens (tertiary/aromatic N) is 3. The molecular weight excluding hydrogens is 278 g/mol. The van der Waals surface area contributed by atoms with Crippen LogP contribution in [0.15, 0.2) is 29.2 Å². The maximum Gasteiger partial charge on any atom is 0.231 e. The zero-order chi connectivity index (χ0) is 14.8. The number of hydrogen-bond acceptors (Lipinski definition) is 5. The van der Waals surface area contributed by atoms with Gasteiger partial charge in [-0.1, -0.05) is 18.0 Å². The molecule has 6 heteroatoms. The Morgan fingerprint density at radius 1 is 1.27 bits per heavy atom. The minimum atomic E-state index is 0.229. The normalized spacial score (nSPS) is 19.4. The van der Waals surface area contributed by atoms with Gasteiger partial charge in [-0.2, -0.15) is 4.98 Å². The number of H-pyrrole nitrogens is 1. The highest BCUT2D eigenvalue weighted by Crippen LogP contribution is 2.23. The Labute approximate surface area is 128 Å². The number of fused-ring (bicyclic) bond motifs is 1. The molecule has 3 aromatic rings. The smallest absolute Gasteiger partial charge is 0.231 e. The summed E-state index contributed by atoms with van der Waals surface area (Å²) >= 11 is 0. The summed E-state index contributed by atoms with van der Waals surface area (Å²) in [5.41, 5.74) is 2.18. The van der Waals surface area contributed by atoms with Gasteiger partial charge >= 0.3 is 0 Å². The fourth-order valence-electron chi connectivity index (χ4n) is 3.07. The summed E-state index contributed by atoms with van der Waals surface area (Å²) in [6, 6.07) is 2.23. The molecule has 4 heterocycles. The van der Waals surface area contributed by atoms with Crippen molar-refractivity contribution >= 4 is 10.9 Å². The molecule has 0 saturated carbocycles. The molecule has 1 aliphatic rings. The summed E-state index contributed by atoms with van der Waals surface area (Å²) in [4.78, 5) is 11.9. The molecule has 0 amide bonds. The maximum atomic E-state index is 5.45. The van der Waals surface area contributed by atoms with Crippen LogP contribution < -0.4 is 5.32 Å². The lowest BCUT2D eigenvalue weighted by Gasteiger charge is -2.09. The van der Waals surface area contributed by atoms with Gasteiger partial charge in [0.25, 0.3) is 0 Å². The van der Waals surface area contributed by atoms with Crippen molar-refractivity contribution in [2.75, 3.05) is 6.54 Å². The van der Waals surface area contributed by atoms with Crippen LogP contribution in [0.4, 0.5) is 0 Å². The summed E-state index contributed by atoms with van der Waals surface area (Å²) in [7, 11) is 0. The molecule has 1 aliphatic heterocycles. The molecule has 3 aromatic heterocycles. The van der Waals surface area contributed by atoms with Gasteiger partial charge < -0.3 is 14.8 Å². The molecule has 0 spiro atoms. The highest BCUT2D eigenvalue weighted by molar-refractivity contribution is 5.82. The average Bonchev–Trinajstić information content (AvgIpc) is 3.08. The summed E-state index contributed by atoms with van der Waals surface area (Å²) in [5.74, 6) is 1.46. The monoisotopic (exact) mass is 297 g/mol. The first-order valence-corrected chi connectivity index (χ1v) is 7.86. The molecule has 0 radical (unpaired) electrons. The molecule has 114 valence electrons. The van der Waals surface area contributed by atoms with Crippen molar-refractivity contribution in [2.24, 2.45) is 0 Å². The first-order chi connectivity index (χ1) is 10.9. The summed E-state index contributed by atoms with van der Waals surface area (Å²) in [5, 5.41) is 8.83. The van der Waals surface area contributed by atoms with Crippen molar-refractivity contribution in [1.29, 1.82) is 0 Å². The molecule has 22 heavy (non-hydrogen) atoms. The Kier molecular flexibility index (Phi) is 3.60. The van der Waals surface area contributed by atoms with Crippen LogP contribution in [-0.2, 0) is 6.42 Å². The molecule has 0 bridgehead atoms. The molecule has 4 rings (SSSR count). The minimum absolute atomic E-state index is 0.229. The van der Waals surface area contributed by atoms with Gasteiger partial charge in [-0.25, -0.2) is 0 Å². The summed E-state index contributed by atoms with van der Waals surface area (Å²) < 4.78 is 5.45. The number of pyridine rings is 1. The Morgan fingerprint density at radius 2 is 2.27 bits per heavy atom. The van der Waals surface area contributed by atoms with Crippen molar-refractivity contribution in [3.05, 3.63) is 41.9 Å². The third-order valence-electron chi connectivity index (χ3n) is 4.27. The highest BCUT2D eigenvalue weighted by atomic mass is 16.5. The van der Waals surface area contributed by atoms with Crippen molar-refractivity contribution < 1.29 is 4.52 Å². The van der Waals surface area contributed by atoms with Crippen LogP contribution in [0, 0.1) is 0 Å². The average molecular weight is 297 g/mol. The zero-order valence-corrected chi connectivity index (χ0v) is 12.4. The van der Waals surface area contributed by atoms with E-state index in [0.717, 1.165) is 35.3 Å². The molecule has 1 saturated heterocycles. The fraction of sp³-hybridized carbons (Fsp3) is 0.438. The molecule has 2 N–H and O–H groups in total. The fourth-order valence-corrected chi connectivity index (χ4v) is 3.07. The third kappa shape index (κ3) is 2.62. The summed E-state index contributed by atoms with van der Waals surface area (Å²) in [6.45, 7) is 1.03. The number of hydrogen-bond donors (Lipinski definition) is 2. The van der Waals surface area contributed by atoms with Crippen LogP contribution in [0.3, 0.4) is 0 Å². The zero-order valence-electron chi connectivity index (χ0n) is 12.4. The van der Waals surface area contributed by atoms with Gasteiger partial charge in [0.2, 0.25) is 5.89 Å². The second-order valence-electron chi connectivity index (χ2n) is 5.81. The molecule has 1 fully saturated rings. The van der Waals surface area contributed by atoms with E-state index in [-0.39, 0.29) is 6.04 Å². The number of aromatic amines is 1. The third-order valence-corrected chi connectivity index (χ3v) is 4.27. The number of rotatable bonds is 3. The van der Waals surface area contributed by atoms with Crippen molar-refractivity contribution in [1.82, 2.24) is 25.4 Å². The van der Waals surface area contributed by atoms with Crippen LogP contribution in [0.2, 0.25) is 0 Å². The van der Waals surface area contributed by atoms with E-state index in [1.54, 1.807) is 6.20 Å². The Balaban J connectivity index is 1.54. The minimum Gasteiger partial charge on any atom is -0.360 e. The second kappa shape index (κ2) is 5.88. The van der Waals surface area contributed by atoms with Gasteiger partial charge in [0, 0.05) is 17.8 Å². The van der Waals surface area contributed by atoms with Crippen molar-refractivity contribution in [2.45, 2.75) is 38.1 Å². The van der Waals surface area contributed by atoms with Crippen molar-refractivity contribution in [3.8, 4) is 0 Å². The Morgan fingerprint density at radius 3 is 3.27 bits per heavy atom. The van der Waals surface area contributed by atoms with Gasteiger partial charge in [0.15, 0.2) is 5.82 Å². The second-order valence-corrected chi connectivity index (χ2v) is 5.81. The van der Waals surface area contributed by atoms with Gasteiger partial charge in [0.05, 0.1) is 24.2 Å². The largest absolute Gasteiger partial charge is 0.360 e. The molecule has 0 aliphatic carbocycles. The van der Waals surface area contributed by atoms with E-state index in [9.17, 15) is 0 Å². The van der Waals surface area contributed by atoms with Crippen LogP contribution in [0.25, 0.3) is 10.9 Å². The topological polar surface area (TPSA) is 79.6 Å². The van der Waals surface area contributed by atoms with E-state index in [1.807, 2.05) is 18.5 Å².